The summed E-state index contributed by atoms with van der Waals surface area (Å²) in [5.41, 5.74) is 0. The van der Waals surface area contributed by atoms with Crippen LogP contribution in [0.4, 0.5) is 5.13 Å². The number of carbonyl (C=O) groups is 1. The molecule has 0 aromatic carbocycles. The minimum Gasteiger partial charge on any atom is -0.480 e. The second kappa shape index (κ2) is 6.12. The van der Waals surface area contributed by atoms with Crippen LogP contribution in [0.15, 0.2) is 10.4 Å². The van der Waals surface area contributed by atoms with Gasteiger partial charge in [-0.05, 0) is 6.42 Å². The third-order valence-electron chi connectivity index (χ3n) is 2.21. The first-order chi connectivity index (χ1) is 8.34. The van der Waals surface area contributed by atoms with Gasteiger partial charge in [0.15, 0.2) is 9.34 Å². The molecule has 0 unspecified atom stereocenters. The molecule has 0 fully saturated rings. The number of primary sulfonamides is 1. The standard InChI is InChI=1S/C9H15N3O4S2/c1-2-3-4-6(8(13)14)12-9-11-5-7(17-9)18(10,15)16/h5-6H,2-4H2,1H3,(H,11,12)(H,13,14)(H2,10,15,16)/t6-/m0/s1. The number of carboxylic acids is 1. The maximum atomic E-state index is 11.0. The number of thiazole rings is 1. The van der Waals surface area contributed by atoms with E-state index in [2.05, 4.69) is 10.3 Å². The molecule has 0 radical (unpaired) electrons. The highest BCUT2D eigenvalue weighted by Gasteiger charge is 2.19. The van der Waals surface area contributed by atoms with E-state index < -0.39 is 22.0 Å². The second-order valence-electron chi connectivity index (χ2n) is 3.71. The summed E-state index contributed by atoms with van der Waals surface area (Å²) >= 11 is 0.820. The Morgan fingerprint density at radius 3 is 2.78 bits per heavy atom. The predicted molar refractivity (Wildman–Crippen MR) is 68.1 cm³/mol. The molecular formula is C9H15N3O4S2. The SMILES string of the molecule is CCCC[C@H](Nc1ncc(S(N)(=O)=O)s1)C(=O)O. The second-order valence-corrected chi connectivity index (χ2v) is 6.53. The third-order valence-corrected chi connectivity index (χ3v) is 4.54. The minimum atomic E-state index is -3.79. The van der Waals surface area contributed by atoms with Crippen LogP contribution in [0.2, 0.25) is 0 Å². The average Bonchev–Trinajstić information content (AvgIpc) is 2.71. The summed E-state index contributed by atoms with van der Waals surface area (Å²) in [5, 5.41) is 16.9. The summed E-state index contributed by atoms with van der Waals surface area (Å²) in [6.45, 7) is 1.96. The van der Waals surface area contributed by atoms with Crippen molar-refractivity contribution in [2.24, 2.45) is 5.14 Å². The number of nitrogens with two attached hydrogens (primary N) is 1. The lowest BCUT2D eigenvalue weighted by atomic mass is 10.1. The van der Waals surface area contributed by atoms with Gasteiger partial charge < -0.3 is 10.4 Å². The molecule has 1 aromatic heterocycles. The molecule has 0 amide bonds. The summed E-state index contributed by atoms with van der Waals surface area (Å²) in [5.74, 6) is -0.990. The van der Waals surface area contributed by atoms with Crippen LogP contribution in [0.1, 0.15) is 26.2 Å². The Balaban J connectivity index is 2.75. The van der Waals surface area contributed by atoms with Crippen molar-refractivity contribution in [3.05, 3.63) is 6.20 Å². The van der Waals surface area contributed by atoms with Crippen molar-refractivity contribution in [3.8, 4) is 0 Å². The molecule has 0 saturated heterocycles. The quantitative estimate of drug-likeness (QED) is 0.685. The first-order valence-corrected chi connectivity index (χ1v) is 7.69. The van der Waals surface area contributed by atoms with Gasteiger partial charge in [0.05, 0.1) is 6.20 Å². The number of hydrogen-bond acceptors (Lipinski definition) is 6. The molecule has 102 valence electrons. The Morgan fingerprint density at radius 1 is 1.67 bits per heavy atom. The van der Waals surface area contributed by atoms with Crippen molar-refractivity contribution in [2.75, 3.05) is 5.32 Å². The highest BCUT2D eigenvalue weighted by molar-refractivity contribution is 7.91. The molecule has 0 saturated carbocycles. The number of carboxylic acid groups (broad SMARTS) is 1. The van der Waals surface area contributed by atoms with Crippen LogP contribution in [0.5, 0.6) is 0 Å². The fraction of sp³-hybridized carbons (Fsp3) is 0.556. The Morgan fingerprint density at radius 2 is 2.33 bits per heavy atom. The molecule has 9 heteroatoms. The van der Waals surface area contributed by atoms with Crippen molar-refractivity contribution in [1.29, 1.82) is 0 Å². The number of nitrogens with one attached hydrogen (secondary N) is 1. The van der Waals surface area contributed by atoms with E-state index >= 15 is 0 Å². The van der Waals surface area contributed by atoms with E-state index in [0.29, 0.717) is 6.42 Å². The van der Waals surface area contributed by atoms with E-state index in [4.69, 9.17) is 10.2 Å². The Hall–Kier alpha value is -1.19. The smallest absolute Gasteiger partial charge is 0.326 e. The topological polar surface area (TPSA) is 122 Å². The number of unbranched alkanes of at least 4 members (excludes halogenated alkanes) is 1. The van der Waals surface area contributed by atoms with Crippen LogP contribution in [0, 0.1) is 0 Å². The lowest BCUT2D eigenvalue weighted by Crippen LogP contribution is -2.28. The fourth-order valence-electron chi connectivity index (χ4n) is 1.27. The summed E-state index contributed by atoms with van der Waals surface area (Å²) in [7, 11) is -3.79. The van der Waals surface area contributed by atoms with Crippen LogP contribution in [0.25, 0.3) is 0 Å². The maximum absolute atomic E-state index is 11.0. The Kier molecular flexibility index (Phi) is 5.05. The number of rotatable bonds is 7. The number of hydrogen-bond donors (Lipinski definition) is 3. The highest BCUT2D eigenvalue weighted by Crippen LogP contribution is 2.22. The van der Waals surface area contributed by atoms with Gasteiger partial charge >= 0.3 is 5.97 Å². The Bertz CT molecular complexity index is 512. The Labute approximate surface area is 109 Å². The van der Waals surface area contributed by atoms with Crippen LogP contribution in [-0.4, -0.2) is 30.5 Å². The van der Waals surface area contributed by atoms with Gasteiger partial charge in [-0.1, -0.05) is 31.1 Å². The number of aromatic nitrogens is 1. The third kappa shape index (κ3) is 4.24. The molecule has 0 aliphatic rings. The molecule has 18 heavy (non-hydrogen) atoms. The fourth-order valence-corrected chi connectivity index (χ4v) is 2.78. The number of aliphatic carboxylic acids is 1. The van der Waals surface area contributed by atoms with Crippen molar-refractivity contribution in [3.63, 3.8) is 0 Å². The summed E-state index contributed by atoms with van der Waals surface area (Å²) in [6, 6.07) is -0.774. The molecular weight excluding hydrogens is 278 g/mol. The van der Waals surface area contributed by atoms with Crippen molar-refractivity contribution in [2.45, 2.75) is 36.4 Å². The van der Waals surface area contributed by atoms with Gasteiger partial charge in [0.1, 0.15) is 6.04 Å². The van der Waals surface area contributed by atoms with Gasteiger partial charge in [-0.2, -0.15) is 0 Å². The molecule has 1 rings (SSSR count). The zero-order valence-corrected chi connectivity index (χ0v) is 11.4. The van der Waals surface area contributed by atoms with Gasteiger partial charge in [0, 0.05) is 0 Å². The first-order valence-electron chi connectivity index (χ1n) is 5.32. The lowest BCUT2D eigenvalue weighted by Gasteiger charge is -2.12. The van der Waals surface area contributed by atoms with Crippen LogP contribution < -0.4 is 10.5 Å². The van der Waals surface area contributed by atoms with Crippen LogP contribution in [-0.2, 0) is 14.8 Å². The summed E-state index contributed by atoms with van der Waals surface area (Å²) < 4.78 is 22.0. The zero-order chi connectivity index (χ0) is 13.8. The molecule has 1 atom stereocenters. The van der Waals surface area contributed by atoms with Crippen molar-refractivity contribution < 1.29 is 18.3 Å². The van der Waals surface area contributed by atoms with Crippen molar-refractivity contribution >= 4 is 32.5 Å². The van der Waals surface area contributed by atoms with E-state index in [-0.39, 0.29) is 9.34 Å². The van der Waals surface area contributed by atoms with E-state index in [1.165, 1.54) is 0 Å². The summed E-state index contributed by atoms with van der Waals surface area (Å²) in [4.78, 5) is 14.8. The molecule has 0 bridgehead atoms. The van der Waals surface area contributed by atoms with E-state index in [1.807, 2.05) is 6.92 Å². The first kappa shape index (κ1) is 14.9. The minimum absolute atomic E-state index is 0.0929. The van der Waals surface area contributed by atoms with Crippen LogP contribution in [0.3, 0.4) is 0 Å². The van der Waals surface area contributed by atoms with Crippen molar-refractivity contribution in [1.82, 2.24) is 4.98 Å². The van der Waals surface area contributed by atoms with E-state index in [0.717, 1.165) is 30.4 Å². The zero-order valence-electron chi connectivity index (χ0n) is 9.79. The number of anilines is 1. The maximum Gasteiger partial charge on any atom is 0.326 e. The molecule has 0 aliphatic carbocycles. The van der Waals surface area contributed by atoms with Gasteiger partial charge in [-0.15, -0.1) is 0 Å². The van der Waals surface area contributed by atoms with E-state index in [1.54, 1.807) is 0 Å². The highest BCUT2D eigenvalue weighted by atomic mass is 32.2. The largest absolute Gasteiger partial charge is 0.480 e. The van der Waals surface area contributed by atoms with Gasteiger partial charge in [-0.25, -0.2) is 23.3 Å². The molecule has 0 aliphatic heterocycles. The average molecular weight is 293 g/mol. The molecule has 1 heterocycles. The molecule has 4 N–H and O–H groups in total. The molecule has 1 aromatic rings. The van der Waals surface area contributed by atoms with Gasteiger partial charge in [0.25, 0.3) is 0 Å². The number of nitrogens with zero attached hydrogens (tertiary/aromatic N) is 1. The summed E-state index contributed by atoms with van der Waals surface area (Å²) in [6.07, 6.45) is 3.21. The lowest BCUT2D eigenvalue weighted by molar-refractivity contribution is -0.138. The molecule has 7 nitrogen and oxygen atoms in total. The van der Waals surface area contributed by atoms with E-state index in [9.17, 15) is 13.2 Å². The molecule has 0 spiro atoms. The van der Waals surface area contributed by atoms with Gasteiger partial charge in [0.2, 0.25) is 10.0 Å². The predicted octanol–water partition coefficient (Wildman–Crippen LogP) is 0.846. The normalized spacial score (nSPS) is 13.2. The monoisotopic (exact) mass is 293 g/mol. The van der Waals surface area contributed by atoms with Crippen LogP contribution >= 0.6 is 11.3 Å². The van der Waals surface area contributed by atoms with Gasteiger partial charge in [-0.3, -0.25) is 0 Å². The number of sulfonamides is 1.